The van der Waals surface area contributed by atoms with Gasteiger partial charge >= 0.3 is 0 Å². The first-order chi connectivity index (χ1) is 13.6. The molecule has 1 aromatic heterocycles. The molecule has 142 valence electrons. The highest BCUT2D eigenvalue weighted by molar-refractivity contribution is 8.00. The maximum atomic E-state index is 12.6. The Morgan fingerprint density at radius 2 is 2.04 bits per heavy atom. The minimum atomic E-state index is -0.170. The third-order valence-corrected chi connectivity index (χ3v) is 6.31. The molecule has 1 aliphatic heterocycles. The molecule has 0 aliphatic carbocycles. The predicted molar refractivity (Wildman–Crippen MR) is 113 cm³/mol. The average Bonchev–Trinajstić information content (AvgIpc) is 3.14. The number of anilines is 1. The van der Waals surface area contributed by atoms with Gasteiger partial charge in [-0.25, -0.2) is 4.98 Å². The van der Waals surface area contributed by atoms with Crippen molar-refractivity contribution >= 4 is 40.6 Å². The minimum absolute atomic E-state index is 0.0526. The van der Waals surface area contributed by atoms with Crippen LogP contribution in [0.25, 0.3) is 0 Å². The normalized spacial score (nSPS) is 13.3. The molecule has 3 aromatic rings. The van der Waals surface area contributed by atoms with E-state index < -0.39 is 0 Å². The average molecular weight is 410 g/mol. The van der Waals surface area contributed by atoms with Crippen LogP contribution in [0.1, 0.15) is 26.6 Å². The Balaban J connectivity index is 1.55. The van der Waals surface area contributed by atoms with E-state index >= 15 is 0 Å². The summed E-state index contributed by atoms with van der Waals surface area (Å²) in [6, 6.07) is 15.4. The fourth-order valence-corrected chi connectivity index (χ4v) is 4.57. The van der Waals surface area contributed by atoms with Crippen LogP contribution in [0.3, 0.4) is 0 Å². The van der Waals surface area contributed by atoms with Gasteiger partial charge in [0, 0.05) is 15.8 Å². The Kier molecular flexibility index (Phi) is 5.45. The number of hydrogen-bond donors (Lipinski definition) is 1. The summed E-state index contributed by atoms with van der Waals surface area (Å²) >= 11 is 3.08. The van der Waals surface area contributed by atoms with E-state index in [1.54, 1.807) is 16.2 Å². The van der Waals surface area contributed by atoms with Gasteiger partial charge in [0.15, 0.2) is 0 Å². The van der Waals surface area contributed by atoms with E-state index in [2.05, 4.69) is 10.3 Å². The number of aryl methyl sites for hydroxylation is 1. The molecule has 1 N–H and O–H groups in total. The van der Waals surface area contributed by atoms with E-state index in [9.17, 15) is 9.59 Å². The molecule has 0 fully saturated rings. The number of nitrogens with zero attached hydrogens (tertiary/aromatic N) is 2. The number of aromatic nitrogens is 1. The van der Waals surface area contributed by atoms with Crippen LogP contribution in [0.2, 0.25) is 0 Å². The summed E-state index contributed by atoms with van der Waals surface area (Å²) in [5.41, 5.74) is 3.24. The number of fused-ring (bicyclic) bond motifs is 1. The number of amides is 2. The number of rotatable bonds is 5. The lowest BCUT2D eigenvalue weighted by Crippen LogP contribution is -2.35. The fraction of sp³-hybridized carbons (Fsp3) is 0.190. The van der Waals surface area contributed by atoms with Gasteiger partial charge in [-0.05, 0) is 30.7 Å². The fourth-order valence-electron chi connectivity index (χ4n) is 3.05. The zero-order valence-electron chi connectivity index (χ0n) is 15.3. The highest BCUT2D eigenvalue weighted by Gasteiger charge is 2.26. The van der Waals surface area contributed by atoms with Gasteiger partial charge < -0.3 is 10.2 Å². The molecule has 0 spiro atoms. The van der Waals surface area contributed by atoms with Crippen LogP contribution in [0.4, 0.5) is 5.69 Å². The number of thioether (sulfide) groups is 1. The Morgan fingerprint density at radius 1 is 1.21 bits per heavy atom. The molecule has 0 bridgehead atoms. The molecular weight excluding hydrogens is 390 g/mol. The summed E-state index contributed by atoms with van der Waals surface area (Å²) in [6.45, 7) is 2.83. The van der Waals surface area contributed by atoms with Gasteiger partial charge in [0.25, 0.3) is 5.91 Å². The van der Waals surface area contributed by atoms with E-state index in [1.165, 1.54) is 11.8 Å². The number of carbonyl (C=O) groups is 2. The van der Waals surface area contributed by atoms with Gasteiger partial charge in [-0.2, -0.15) is 0 Å². The summed E-state index contributed by atoms with van der Waals surface area (Å²) in [4.78, 5) is 32.3. The number of nitrogens with one attached hydrogen (secondary N) is 1. The number of hydrogen-bond acceptors (Lipinski definition) is 5. The highest BCUT2D eigenvalue weighted by Crippen LogP contribution is 2.36. The van der Waals surface area contributed by atoms with Gasteiger partial charge in [-0.15, -0.1) is 23.1 Å². The first kappa shape index (κ1) is 18.7. The third kappa shape index (κ3) is 4.10. The lowest BCUT2D eigenvalue weighted by molar-refractivity contribution is -0.116. The van der Waals surface area contributed by atoms with Crippen LogP contribution in [0.15, 0.2) is 58.8 Å². The number of thiazole rings is 1. The van der Waals surface area contributed by atoms with Gasteiger partial charge in [0.1, 0.15) is 0 Å². The molecule has 1 aliphatic rings. The molecular formula is C21H19N3O2S2. The Labute approximate surface area is 171 Å². The van der Waals surface area contributed by atoms with E-state index in [-0.39, 0.29) is 11.8 Å². The van der Waals surface area contributed by atoms with Crippen LogP contribution in [-0.2, 0) is 17.9 Å². The van der Waals surface area contributed by atoms with Crippen molar-refractivity contribution in [2.75, 3.05) is 10.7 Å². The van der Waals surface area contributed by atoms with Crippen molar-refractivity contribution in [3.05, 3.63) is 75.7 Å². The Morgan fingerprint density at radius 3 is 2.79 bits per heavy atom. The molecule has 0 saturated carbocycles. The zero-order valence-corrected chi connectivity index (χ0v) is 17.0. The van der Waals surface area contributed by atoms with Crippen LogP contribution >= 0.6 is 23.1 Å². The van der Waals surface area contributed by atoms with Crippen molar-refractivity contribution in [3.8, 4) is 0 Å². The van der Waals surface area contributed by atoms with Gasteiger partial charge in [-0.1, -0.05) is 30.3 Å². The Hall–Kier alpha value is -2.64. The van der Waals surface area contributed by atoms with Crippen molar-refractivity contribution in [3.63, 3.8) is 0 Å². The van der Waals surface area contributed by atoms with Crippen LogP contribution in [0, 0.1) is 6.92 Å². The van der Waals surface area contributed by atoms with Crippen molar-refractivity contribution in [2.45, 2.75) is 24.9 Å². The smallest absolute Gasteiger partial charge is 0.251 e. The van der Waals surface area contributed by atoms with E-state index in [0.717, 1.165) is 26.8 Å². The van der Waals surface area contributed by atoms with Gasteiger partial charge in [-0.3, -0.25) is 9.59 Å². The second kappa shape index (κ2) is 8.16. The molecule has 0 saturated heterocycles. The molecule has 4 rings (SSSR count). The molecule has 7 heteroatoms. The van der Waals surface area contributed by atoms with Crippen LogP contribution in [0.5, 0.6) is 0 Å². The summed E-state index contributed by atoms with van der Waals surface area (Å²) in [5.74, 6) is 0.294. The molecule has 5 nitrogen and oxygen atoms in total. The monoisotopic (exact) mass is 409 g/mol. The molecule has 2 heterocycles. The standard InChI is InChI=1S/C21H19N3O2S2/c1-14-23-17(12-27-14)10-22-21(26)16-7-8-19-18(9-16)24(20(25)13-28-19)11-15-5-3-2-4-6-15/h2-9,12H,10-11,13H2,1H3,(H,22,26). The van der Waals surface area contributed by atoms with E-state index in [0.29, 0.717) is 24.4 Å². The van der Waals surface area contributed by atoms with Crippen molar-refractivity contribution in [2.24, 2.45) is 0 Å². The summed E-state index contributed by atoms with van der Waals surface area (Å²) in [6.07, 6.45) is 0. The molecule has 0 unspecified atom stereocenters. The zero-order chi connectivity index (χ0) is 19.5. The summed E-state index contributed by atoms with van der Waals surface area (Å²) in [7, 11) is 0. The first-order valence-electron chi connectivity index (χ1n) is 8.90. The second-order valence-electron chi connectivity index (χ2n) is 6.48. The van der Waals surface area contributed by atoms with Gasteiger partial charge in [0.05, 0.1) is 35.2 Å². The number of carbonyl (C=O) groups excluding carboxylic acids is 2. The SMILES string of the molecule is Cc1nc(CNC(=O)c2ccc3c(c2)N(Cc2ccccc2)C(=O)CS3)cs1. The maximum absolute atomic E-state index is 12.6. The van der Waals surface area contributed by atoms with E-state index in [1.807, 2.05) is 60.8 Å². The minimum Gasteiger partial charge on any atom is -0.346 e. The van der Waals surface area contributed by atoms with Crippen molar-refractivity contribution in [1.29, 1.82) is 0 Å². The number of benzene rings is 2. The van der Waals surface area contributed by atoms with Gasteiger partial charge in [0.2, 0.25) is 5.91 Å². The van der Waals surface area contributed by atoms with Crippen molar-refractivity contribution < 1.29 is 9.59 Å². The molecule has 2 amide bonds. The second-order valence-corrected chi connectivity index (χ2v) is 8.56. The third-order valence-electron chi connectivity index (χ3n) is 4.44. The Bertz CT molecular complexity index is 1020. The lowest BCUT2D eigenvalue weighted by atomic mass is 10.1. The summed E-state index contributed by atoms with van der Waals surface area (Å²) in [5, 5.41) is 5.83. The first-order valence-corrected chi connectivity index (χ1v) is 10.8. The molecule has 0 radical (unpaired) electrons. The molecule has 2 aromatic carbocycles. The van der Waals surface area contributed by atoms with Crippen LogP contribution < -0.4 is 10.2 Å². The van der Waals surface area contributed by atoms with E-state index in [4.69, 9.17) is 0 Å². The van der Waals surface area contributed by atoms with Crippen molar-refractivity contribution in [1.82, 2.24) is 10.3 Å². The topological polar surface area (TPSA) is 62.3 Å². The lowest BCUT2D eigenvalue weighted by Gasteiger charge is -2.29. The molecule has 28 heavy (non-hydrogen) atoms. The predicted octanol–water partition coefficient (Wildman–Crippen LogP) is 4.02. The van der Waals surface area contributed by atoms with Crippen LogP contribution in [-0.4, -0.2) is 22.6 Å². The quantitative estimate of drug-likeness (QED) is 0.691. The largest absolute Gasteiger partial charge is 0.346 e. The summed E-state index contributed by atoms with van der Waals surface area (Å²) < 4.78 is 0. The molecule has 0 atom stereocenters. The maximum Gasteiger partial charge on any atom is 0.251 e. The highest BCUT2D eigenvalue weighted by atomic mass is 32.2.